The van der Waals surface area contributed by atoms with Crippen molar-refractivity contribution in [1.82, 2.24) is 0 Å². The molecule has 0 bridgehead atoms. The average Bonchev–Trinajstić information content (AvgIpc) is 2.92. The van der Waals surface area contributed by atoms with Crippen molar-refractivity contribution in [2.24, 2.45) is 16.6 Å². The molecule has 0 spiro atoms. The van der Waals surface area contributed by atoms with Gasteiger partial charge in [0.15, 0.2) is 5.96 Å². The smallest absolute Gasteiger partial charge is 0.193 e. The van der Waals surface area contributed by atoms with Gasteiger partial charge in [0, 0.05) is 18.2 Å². The number of hydrogen-bond acceptors (Lipinski definition) is 3. The van der Waals surface area contributed by atoms with Gasteiger partial charge in [0.25, 0.3) is 0 Å². The molecular weight excluding hydrogens is 242 g/mol. The van der Waals surface area contributed by atoms with Gasteiger partial charge in [-0.05, 0) is 18.6 Å². The molecule has 2 rings (SSSR count). The van der Waals surface area contributed by atoms with Crippen LogP contribution in [0.4, 0.5) is 5.69 Å². The summed E-state index contributed by atoms with van der Waals surface area (Å²) in [6.07, 6.45) is 1.10. The lowest BCUT2D eigenvalue weighted by Gasteiger charge is -2.08. The van der Waals surface area contributed by atoms with Crippen LogP contribution in [0, 0.1) is 5.92 Å². The normalized spacial score (nSPS) is 19.6. The van der Waals surface area contributed by atoms with E-state index in [4.69, 9.17) is 15.2 Å². The summed E-state index contributed by atoms with van der Waals surface area (Å²) in [5.74, 6) is 0.961. The van der Waals surface area contributed by atoms with E-state index in [-0.39, 0.29) is 0 Å². The summed E-state index contributed by atoms with van der Waals surface area (Å²) in [6.45, 7) is 3.59. The Kier molecular flexibility index (Phi) is 5.65. The number of guanidine groups is 1. The number of rotatable bonds is 6. The van der Waals surface area contributed by atoms with Gasteiger partial charge in [0.2, 0.25) is 0 Å². The van der Waals surface area contributed by atoms with E-state index in [1.54, 1.807) is 0 Å². The largest absolute Gasteiger partial charge is 0.381 e. The van der Waals surface area contributed by atoms with Crippen LogP contribution in [0.2, 0.25) is 0 Å². The minimum atomic E-state index is 0.416. The summed E-state index contributed by atoms with van der Waals surface area (Å²) in [5, 5.41) is 3.03. The number of nitrogens with zero attached hydrogens (tertiary/aromatic N) is 1. The number of anilines is 1. The molecule has 1 saturated heterocycles. The predicted octanol–water partition coefficient (Wildman–Crippen LogP) is 1.47. The maximum atomic E-state index is 5.77. The van der Waals surface area contributed by atoms with Gasteiger partial charge in [-0.25, -0.2) is 0 Å². The third-order valence-electron chi connectivity index (χ3n) is 2.94. The standard InChI is InChI=1S/C14H21N3O2/c15-14(17-13-4-2-1-3-5-13)16-7-9-19-11-12-6-8-18-10-12/h1-5,12H,6-11H2,(H3,15,16,17)/t12-/m0/s1. The highest BCUT2D eigenvalue weighted by molar-refractivity contribution is 5.92. The lowest BCUT2D eigenvalue weighted by atomic mass is 10.1. The molecule has 1 atom stereocenters. The highest BCUT2D eigenvalue weighted by atomic mass is 16.5. The van der Waals surface area contributed by atoms with E-state index in [1.165, 1.54) is 0 Å². The second-order valence-electron chi connectivity index (χ2n) is 4.56. The van der Waals surface area contributed by atoms with Gasteiger partial charge in [-0.15, -0.1) is 0 Å². The fourth-order valence-corrected chi connectivity index (χ4v) is 1.90. The molecule has 1 aromatic rings. The highest BCUT2D eigenvalue weighted by Crippen LogP contribution is 2.11. The van der Waals surface area contributed by atoms with Gasteiger partial charge in [0.05, 0.1) is 26.4 Å². The zero-order chi connectivity index (χ0) is 13.3. The van der Waals surface area contributed by atoms with Crippen LogP contribution in [-0.2, 0) is 9.47 Å². The van der Waals surface area contributed by atoms with Crippen molar-refractivity contribution < 1.29 is 9.47 Å². The minimum Gasteiger partial charge on any atom is -0.381 e. The van der Waals surface area contributed by atoms with Crippen LogP contribution < -0.4 is 11.1 Å². The van der Waals surface area contributed by atoms with Crippen LogP contribution in [0.25, 0.3) is 0 Å². The maximum absolute atomic E-state index is 5.77. The molecule has 1 fully saturated rings. The van der Waals surface area contributed by atoms with Gasteiger partial charge < -0.3 is 20.5 Å². The third-order valence-corrected chi connectivity index (χ3v) is 2.94. The summed E-state index contributed by atoms with van der Waals surface area (Å²) >= 11 is 0. The van der Waals surface area contributed by atoms with Crippen molar-refractivity contribution in [2.45, 2.75) is 6.42 Å². The number of hydrogen-bond donors (Lipinski definition) is 2. The molecule has 0 radical (unpaired) electrons. The molecular formula is C14H21N3O2. The Labute approximate surface area is 113 Å². The third kappa shape index (κ3) is 5.28. The topological polar surface area (TPSA) is 68.9 Å². The monoisotopic (exact) mass is 263 g/mol. The van der Waals surface area contributed by atoms with Gasteiger partial charge in [-0.1, -0.05) is 18.2 Å². The Morgan fingerprint density at radius 1 is 1.42 bits per heavy atom. The summed E-state index contributed by atoms with van der Waals surface area (Å²) < 4.78 is 10.8. The Balaban J connectivity index is 1.59. The van der Waals surface area contributed by atoms with Gasteiger partial charge >= 0.3 is 0 Å². The minimum absolute atomic E-state index is 0.416. The molecule has 0 amide bonds. The summed E-state index contributed by atoms with van der Waals surface area (Å²) in [7, 11) is 0. The SMILES string of the molecule is NC(=NCCOC[C@H]1CCOC1)Nc1ccccc1. The van der Waals surface area contributed by atoms with Gasteiger partial charge in [0.1, 0.15) is 0 Å². The number of nitrogens with one attached hydrogen (secondary N) is 1. The molecule has 3 N–H and O–H groups in total. The molecule has 104 valence electrons. The predicted molar refractivity (Wildman–Crippen MR) is 76.3 cm³/mol. The molecule has 0 saturated carbocycles. The maximum Gasteiger partial charge on any atom is 0.193 e. The van der Waals surface area contributed by atoms with Crippen LogP contribution in [0.1, 0.15) is 6.42 Å². The molecule has 1 aromatic carbocycles. The molecule has 19 heavy (non-hydrogen) atoms. The van der Waals surface area contributed by atoms with Crippen LogP contribution in [0.5, 0.6) is 0 Å². The Hall–Kier alpha value is -1.59. The Morgan fingerprint density at radius 2 is 2.26 bits per heavy atom. The first-order valence-electron chi connectivity index (χ1n) is 6.62. The van der Waals surface area contributed by atoms with E-state index in [2.05, 4.69) is 10.3 Å². The lowest BCUT2D eigenvalue weighted by molar-refractivity contribution is 0.0951. The Bertz CT molecular complexity index is 389. The first kappa shape index (κ1) is 13.8. The first-order chi connectivity index (χ1) is 9.34. The van der Waals surface area contributed by atoms with Crippen molar-refractivity contribution in [3.8, 4) is 0 Å². The van der Waals surface area contributed by atoms with Crippen molar-refractivity contribution in [3.05, 3.63) is 30.3 Å². The van der Waals surface area contributed by atoms with Gasteiger partial charge in [-0.3, -0.25) is 4.99 Å². The molecule has 0 unspecified atom stereocenters. The first-order valence-corrected chi connectivity index (χ1v) is 6.62. The van der Waals surface area contributed by atoms with Crippen molar-refractivity contribution in [2.75, 3.05) is 38.3 Å². The van der Waals surface area contributed by atoms with E-state index in [0.717, 1.165) is 31.9 Å². The average molecular weight is 263 g/mol. The number of aliphatic imine (C=N–C) groups is 1. The van der Waals surface area contributed by atoms with E-state index in [1.807, 2.05) is 30.3 Å². The van der Waals surface area contributed by atoms with E-state index in [0.29, 0.717) is 25.0 Å². The van der Waals surface area contributed by atoms with Gasteiger partial charge in [-0.2, -0.15) is 0 Å². The van der Waals surface area contributed by atoms with Crippen LogP contribution in [-0.4, -0.2) is 38.9 Å². The number of para-hydroxylation sites is 1. The quantitative estimate of drug-likeness (QED) is 0.463. The number of benzene rings is 1. The van der Waals surface area contributed by atoms with Crippen LogP contribution in [0.15, 0.2) is 35.3 Å². The number of nitrogens with two attached hydrogens (primary N) is 1. The summed E-state index contributed by atoms with van der Waals surface area (Å²) in [5.41, 5.74) is 6.71. The molecule has 0 aromatic heterocycles. The second-order valence-corrected chi connectivity index (χ2v) is 4.56. The fraction of sp³-hybridized carbons (Fsp3) is 0.500. The molecule has 5 heteroatoms. The molecule has 1 aliphatic rings. The van der Waals surface area contributed by atoms with Crippen LogP contribution in [0.3, 0.4) is 0 Å². The van der Waals surface area contributed by atoms with Crippen molar-refractivity contribution in [3.63, 3.8) is 0 Å². The molecule has 1 aliphatic heterocycles. The second kappa shape index (κ2) is 7.76. The lowest BCUT2D eigenvalue weighted by Crippen LogP contribution is -2.23. The van der Waals surface area contributed by atoms with Crippen molar-refractivity contribution in [1.29, 1.82) is 0 Å². The van der Waals surface area contributed by atoms with E-state index < -0.39 is 0 Å². The van der Waals surface area contributed by atoms with Crippen molar-refractivity contribution >= 4 is 11.6 Å². The van der Waals surface area contributed by atoms with E-state index >= 15 is 0 Å². The molecule has 5 nitrogen and oxygen atoms in total. The fourth-order valence-electron chi connectivity index (χ4n) is 1.90. The summed E-state index contributed by atoms with van der Waals surface area (Å²) in [4.78, 5) is 4.21. The zero-order valence-corrected chi connectivity index (χ0v) is 11.0. The van der Waals surface area contributed by atoms with Crippen LogP contribution >= 0.6 is 0 Å². The zero-order valence-electron chi connectivity index (χ0n) is 11.0. The highest BCUT2D eigenvalue weighted by Gasteiger charge is 2.14. The number of ether oxygens (including phenoxy) is 2. The summed E-state index contributed by atoms with van der Waals surface area (Å²) in [6, 6.07) is 9.74. The molecule has 1 heterocycles. The van der Waals surface area contributed by atoms with E-state index in [9.17, 15) is 0 Å². The molecule has 0 aliphatic carbocycles. The Morgan fingerprint density at radius 3 is 3.00 bits per heavy atom.